The molecule has 1 amide bonds. The predicted octanol–water partition coefficient (Wildman–Crippen LogP) is 4.05. The molecule has 3 atom stereocenters. The van der Waals surface area contributed by atoms with E-state index in [4.69, 9.17) is 17.3 Å². The maximum absolute atomic E-state index is 12.3. The number of carbonyl (C=O) groups excluding carboxylic acids is 2. The van der Waals surface area contributed by atoms with Crippen molar-refractivity contribution in [3.8, 4) is 0 Å². The fourth-order valence-electron chi connectivity index (χ4n) is 5.79. The van der Waals surface area contributed by atoms with Crippen LogP contribution in [-0.2, 0) is 20.6 Å². The first-order valence-electron chi connectivity index (χ1n) is 11.6. The molecule has 4 saturated carbocycles. The molecule has 4 fully saturated rings. The molecular formula is C25H40ClN3O3S. The van der Waals surface area contributed by atoms with Crippen molar-refractivity contribution in [3.05, 3.63) is 34.2 Å². The zero-order valence-electron chi connectivity index (χ0n) is 20.8. The van der Waals surface area contributed by atoms with Gasteiger partial charge in [0.2, 0.25) is 5.91 Å². The van der Waals surface area contributed by atoms with Gasteiger partial charge in [-0.3, -0.25) is 4.79 Å². The molecule has 186 valence electrons. The van der Waals surface area contributed by atoms with E-state index in [0.29, 0.717) is 33.4 Å². The summed E-state index contributed by atoms with van der Waals surface area (Å²) in [4.78, 5) is 23.0. The second-order valence-electron chi connectivity index (χ2n) is 10.3. The van der Waals surface area contributed by atoms with Crippen molar-refractivity contribution in [2.75, 3.05) is 14.1 Å². The first-order chi connectivity index (χ1) is 15.3. The molecule has 0 saturated heterocycles. The van der Waals surface area contributed by atoms with Crippen molar-refractivity contribution in [1.29, 1.82) is 0 Å². The molecular weight excluding hydrogens is 458 g/mol. The zero-order chi connectivity index (χ0) is 25.1. The van der Waals surface area contributed by atoms with Crippen LogP contribution in [0.2, 0.25) is 0 Å². The van der Waals surface area contributed by atoms with Gasteiger partial charge in [0.15, 0.2) is 0 Å². The van der Waals surface area contributed by atoms with Crippen molar-refractivity contribution in [3.63, 3.8) is 0 Å². The molecule has 33 heavy (non-hydrogen) atoms. The molecule has 4 aliphatic carbocycles. The molecule has 4 bridgehead atoms. The van der Waals surface area contributed by atoms with Gasteiger partial charge in [-0.1, -0.05) is 24.3 Å². The number of nitrogens with two attached hydrogens (primary N) is 1. The Hall–Kier alpha value is -1.28. The number of aldehydes is 1. The Labute approximate surface area is 206 Å². The smallest absolute Gasteiger partial charge is 0.223 e. The number of halogens is 1. The highest BCUT2D eigenvalue weighted by molar-refractivity contribution is 7.87. The number of likely N-dealkylation sites (N-methyl/N-ethyl adjacent to an activating group) is 1. The Balaban J connectivity index is 0.000000235. The molecule has 0 heterocycles. The molecule has 3 unspecified atom stereocenters. The number of hydrogen-bond acceptors (Lipinski definition) is 4. The summed E-state index contributed by atoms with van der Waals surface area (Å²) >= 11 is 6.03. The van der Waals surface area contributed by atoms with Gasteiger partial charge in [0.25, 0.3) is 0 Å². The van der Waals surface area contributed by atoms with Crippen molar-refractivity contribution in [1.82, 2.24) is 9.62 Å². The van der Waals surface area contributed by atoms with Gasteiger partial charge in [-0.2, -0.15) is 0 Å². The third kappa shape index (κ3) is 5.87. The Morgan fingerprint density at radius 3 is 2.24 bits per heavy atom. The summed E-state index contributed by atoms with van der Waals surface area (Å²) in [5.74, 6) is 2.15. The van der Waals surface area contributed by atoms with Gasteiger partial charge in [-0.05, 0) is 96.2 Å². The van der Waals surface area contributed by atoms with E-state index in [2.05, 4.69) is 18.9 Å². The Morgan fingerprint density at radius 2 is 1.82 bits per heavy atom. The summed E-state index contributed by atoms with van der Waals surface area (Å²) in [5, 5.41) is 3.94. The Bertz CT molecular complexity index is 851. The fourth-order valence-corrected chi connectivity index (χ4v) is 7.26. The van der Waals surface area contributed by atoms with Crippen LogP contribution in [0.1, 0.15) is 59.8 Å². The van der Waals surface area contributed by atoms with E-state index in [0.717, 1.165) is 31.5 Å². The maximum atomic E-state index is 12.3. The van der Waals surface area contributed by atoms with Gasteiger partial charge in [-0.25, -0.2) is 8.51 Å². The summed E-state index contributed by atoms with van der Waals surface area (Å²) in [5.41, 5.74) is 5.33. The summed E-state index contributed by atoms with van der Waals surface area (Å²) < 4.78 is 13.7. The lowest BCUT2D eigenvalue weighted by Gasteiger charge is -2.58. The number of nitrogens with zero attached hydrogens (tertiary/aromatic N) is 1. The lowest BCUT2D eigenvalue weighted by Crippen LogP contribution is -2.60. The number of nitrogens with one attached hydrogen (secondary N) is 1. The molecule has 4 rings (SSSR count). The van der Waals surface area contributed by atoms with Crippen LogP contribution in [0.3, 0.4) is 0 Å². The predicted molar refractivity (Wildman–Crippen MR) is 137 cm³/mol. The lowest BCUT2D eigenvalue weighted by molar-refractivity contribution is -0.145. The standard InChI is InChI=1S/C13H20ClNO2S.C12H20N2O/c1-7-8-12(14)10(2)11(3)18(17)15(6)13(4,5)9-16;1-14-10-8-2-7-3-9(10)6-12(4-7,5-8)11(13)15/h7-9H,3H2,1-2,4-6H3;7-10,14H,2-6H2,1H3,(H2,13,15)/b8-7-,12-10+;. The fraction of sp³-hybridized carbons (Fsp3) is 0.680. The SMILES string of the molecule is C=C(/C(C)=C(Cl)\C=C/C)S(=O)N(C)C(C)(C)C=O.CNC1C2CC3CC1CC(C(N)=O)(C3)C2. The van der Waals surface area contributed by atoms with Crippen LogP contribution in [-0.4, -0.2) is 46.4 Å². The number of rotatable bonds is 8. The van der Waals surface area contributed by atoms with E-state index in [1.807, 2.05) is 6.92 Å². The topological polar surface area (TPSA) is 92.5 Å². The third-order valence-corrected chi connectivity index (χ3v) is 9.88. The molecule has 0 aromatic heterocycles. The number of amides is 1. The van der Waals surface area contributed by atoms with Crippen molar-refractivity contribution >= 4 is 34.8 Å². The van der Waals surface area contributed by atoms with Crippen LogP contribution in [0.5, 0.6) is 0 Å². The minimum atomic E-state index is -1.50. The molecule has 0 aromatic carbocycles. The van der Waals surface area contributed by atoms with Crippen LogP contribution < -0.4 is 11.1 Å². The summed E-state index contributed by atoms with van der Waals surface area (Å²) in [6.45, 7) is 10.8. The van der Waals surface area contributed by atoms with Crippen LogP contribution in [0, 0.1) is 23.2 Å². The van der Waals surface area contributed by atoms with Crippen LogP contribution >= 0.6 is 11.6 Å². The highest BCUT2D eigenvalue weighted by Crippen LogP contribution is 2.59. The number of hydrogen-bond donors (Lipinski definition) is 2. The largest absolute Gasteiger partial charge is 0.369 e. The number of primary amides is 1. The van der Waals surface area contributed by atoms with Gasteiger partial charge >= 0.3 is 0 Å². The molecule has 0 aromatic rings. The van der Waals surface area contributed by atoms with E-state index in [1.54, 1.807) is 40.0 Å². The molecule has 6 nitrogen and oxygen atoms in total. The normalized spacial score (nSPS) is 32.2. The lowest BCUT2D eigenvalue weighted by atomic mass is 9.47. The van der Waals surface area contributed by atoms with Crippen LogP contribution in [0.15, 0.2) is 34.2 Å². The van der Waals surface area contributed by atoms with Gasteiger partial charge < -0.3 is 15.8 Å². The van der Waals surface area contributed by atoms with Crippen LogP contribution in [0.4, 0.5) is 0 Å². The minimum Gasteiger partial charge on any atom is -0.369 e. The first-order valence-corrected chi connectivity index (χ1v) is 13.1. The van der Waals surface area contributed by atoms with Gasteiger partial charge in [0, 0.05) is 23.5 Å². The second kappa shape index (κ2) is 11.0. The van der Waals surface area contributed by atoms with Gasteiger partial charge in [-0.15, -0.1) is 0 Å². The maximum Gasteiger partial charge on any atom is 0.223 e. The highest BCUT2D eigenvalue weighted by Gasteiger charge is 2.57. The summed E-state index contributed by atoms with van der Waals surface area (Å²) in [6, 6.07) is 0.647. The van der Waals surface area contributed by atoms with E-state index in [9.17, 15) is 13.8 Å². The van der Waals surface area contributed by atoms with E-state index >= 15 is 0 Å². The Kier molecular flexibility index (Phi) is 9.30. The van der Waals surface area contributed by atoms with Crippen molar-refractivity contribution in [2.45, 2.75) is 71.4 Å². The molecule has 0 radical (unpaired) electrons. The number of carbonyl (C=O) groups is 2. The van der Waals surface area contributed by atoms with E-state index in [1.165, 1.54) is 17.1 Å². The average Bonchev–Trinajstić information content (AvgIpc) is 2.77. The van der Waals surface area contributed by atoms with E-state index < -0.39 is 16.5 Å². The monoisotopic (exact) mass is 497 g/mol. The first kappa shape index (κ1) is 28.0. The van der Waals surface area contributed by atoms with Crippen LogP contribution in [0.25, 0.3) is 0 Å². The summed E-state index contributed by atoms with van der Waals surface area (Å²) in [7, 11) is 2.18. The quantitative estimate of drug-likeness (QED) is 0.391. The second-order valence-corrected chi connectivity index (χ2v) is 12.3. The molecule has 3 N–H and O–H groups in total. The molecule has 4 aliphatic rings. The highest BCUT2D eigenvalue weighted by atomic mass is 35.5. The minimum absolute atomic E-state index is 0.0311. The third-order valence-electron chi connectivity index (χ3n) is 7.78. The zero-order valence-corrected chi connectivity index (χ0v) is 22.4. The molecule has 8 heteroatoms. The van der Waals surface area contributed by atoms with Crippen molar-refractivity contribution < 1.29 is 13.8 Å². The van der Waals surface area contributed by atoms with Gasteiger partial charge in [0.1, 0.15) is 17.3 Å². The average molecular weight is 498 g/mol. The number of allylic oxidation sites excluding steroid dienone is 4. The summed E-state index contributed by atoms with van der Waals surface area (Å²) in [6.07, 6.45) is 10.1. The van der Waals surface area contributed by atoms with Crippen molar-refractivity contribution in [2.24, 2.45) is 28.9 Å². The molecule has 0 aliphatic heterocycles. The Morgan fingerprint density at radius 1 is 1.27 bits per heavy atom. The molecule has 0 spiro atoms. The van der Waals surface area contributed by atoms with Gasteiger partial charge in [0.05, 0.1) is 10.4 Å². The van der Waals surface area contributed by atoms with E-state index in [-0.39, 0.29) is 11.3 Å².